The molecule has 2 aliphatic carbocycles. The van der Waals surface area contributed by atoms with Crippen LogP contribution < -0.4 is 5.32 Å². The van der Waals surface area contributed by atoms with Crippen LogP contribution in [0, 0.1) is 5.41 Å². The lowest BCUT2D eigenvalue weighted by atomic mass is 9.86. The van der Waals surface area contributed by atoms with Gasteiger partial charge in [-0.1, -0.05) is 43.2 Å². The van der Waals surface area contributed by atoms with Gasteiger partial charge in [0.25, 0.3) is 0 Å². The van der Waals surface area contributed by atoms with Gasteiger partial charge in [-0.05, 0) is 36.7 Å². The minimum Gasteiger partial charge on any atom is -0.353 e. The Hall–Kier alpha value is -1.51. The first-order valence-corrected chi connectivity index (χ1v) is 8.83. The molecule has 2 unspecified atom stereocenters. The molecular weight excluding hydrogens is 270 g/mol. The summed E-state index contributed by atoms with van der Waals surface area (Å²) in [6.45, 7) is 2.40. The van der Waals surface area contributed by atoms with Crippen LogP contribution in [0.4, 0.5) is 0 Å². The van der Waals surface area contributed by atoms with E-state index in [1.165, 1.54) is 57.2 Å². The third-order valence-corrected chi connectivity index (χ3v) is 5.95. The normalized spacial score (nSPS) is 30.0. The fourth-order valence-corrected chi connectivity index (χ4v) is 4.54. The molecule has 2 atom stereocenters. The molecular formula is C19H27N3. The summed E-state index contributed by atoms with van der Waals surface area (Å²) >= 11 is 0. The molecule has 1 heterocycles. The summed E-state index contributed by atoms with van der Waals surface area (Å²) in [5, 5.41) is 3.71. The molecule has 3 nitrogen and oxygen atoms in total. The highest BCUT2D eigenvalue weighted by molar-refractivity contribution is 5.81. The quantitative estimate of drug-likeness (QED) is 0.669. The fourth-order valence-electron chi connectivity index (χ4n) is 4.54. The van der Waals surface area contributed by atoms with Gasteiger partial charge in [-0.3, -0.25) is 4.99 Å². The van der Waals surface area contributed by atoms with Gasteiger partial charge in [-0.2, -0.15) is 0 Å². The minimum absolute atomic E-state index is 0.571. The molecule has 4 rings (SSSR count). The molecule has 0 amide bonds. The van der Waals surface area contributed by atoms with Crippen molar-refractivity contribution in [2.24, 2.45) is 10.4 Å². The topological polar surface area (TPSA) is 27.6 Å². The number of nitrogens with zero attached hydrogens (tertiary/aromatic N) is 2. The molecule has 3 aliphatic rings. The Labute approximate surface area is 133 Å². The molecule has 1 N–H and O–H groups in total. The van der Waals surface area contributed by atoms with Crippen LogP contribution in [0.15, 0.2) is 35.3 Å². The highest BCUT2D eigenvalue weighted by Crippen LogP contribution is 2.46. The Morgan fingerprint density at radius 1 is 1.18 bits per heavy atom. The second kappa shape index (κ2) is 5.60. The molecule has 2 saturated carbocycles. The summed E-state index contributed by atoms with van der Waals surface area (Å²) < 4.78 is 0. The smallest absolute Gasteiger partial charge is 0.193 e. The molecule has 0 bridgehead atoms. The molecule has 118 valence electrons. The minimum atomic E-state index is 0.571. The van der Waals surface area contributed by atoms with Crippen LogP contribution in [-0.4, -0.2) is 37.0 Å². The van der Waals surface area contributed by atoms with E-state index in [1.807, 2.05) is 7.05 Å². The lowest BCUT2D eigenvalue weighted by Crippen LogP contribution is -2.42. The van der Waals surface area contributed by atoms with Crippen LogP contribution in [0.2, 0.25) is 0 Å². The Balaban J connectivity index is 1.36. The maximum Gasteiger partial charge on any atom is 0.193 e. The molecule has 0 aromatic heterocycles. The average molecular weight is 297 g/mol. The van der Waals surface area contributed by atoms with E-state index in [9.17, 15) is 0 Å². The number of aliphatic imine (C=N–C) groups is 1. The standard InChI is InChI=1S/C19H27N3/c1-20-18(22-12-11-19(14-22)9-5-6-10-19)21-17-13-16(17)15-7-3-2-4-8-15/h2-4,7-8,16-17H,5-6,9-14H2,1H3,(H,20,21). The number of benzene rings is 1. The lowest BCUT2D eigenvalue weighted by Gasteiger charge is -2.26. The third kappa shape index (κ3) is 2.62. The molecule has 0 radical (unpaired) electrons. The summed E-state index contributed by atoms with van der Waals surface area (Å²) in [6.07, 6.45) is 8.31. The highest BCUT2D eigenvalue weighted by atomic mass is 15.3. The SMILES string of the molecule is CN=C(NC1CC1c1ccccc1)N1CCC2(CCCC2)C1. The van der Waals surface area contributed by atoms with Gasteiger partial charge in [0.05, 0.1) is 0 Å². The number of nitrogens with one attached hydrogen (secondary N) is 1. The molecule has 1 spiro atoms. The first kappa shape index (κ1) is 14.1. The summed E-state index contributed by atoms with van der Waals surface area (Å²) in [5.74, 6) is 1.80. The van der Waals surface area contributed by atoms with Crippen molar-refractivity contribution in [1.82, 2.24) is 10.2 Å². The molecule has 1 saturated heterocycles. The molecule has 1 aliphatic heterocycles. The van der Waals surface area contributed by atoms with Crippen molar-refractivity contribution in [3.63, 3.8) is 0 Å². The predicted molar refractivity (Wildman–Crippen MR) is 91.2 cm³/mol. The van der Waals surface area contributed by atoms with E-state index < -0.39 is 0 Å². The van der Waals surface area contributed by atoms with E-state index in [0.29, 0.717) is 17.4 Å². The van der Waals surface area contributed by atoms with E-state index in [2.05, 4.69) is 45.5 Å². The summed E-state index contributed by atoms with van der Waals surface area (Å²) in [6, 6.07) is 11.4. The summed E-state index contributed by atoms with van der Waals surface area (Å²) in [7, 11) is 1.93. The Morgan fingerprint density at radius 2 is 1.95 bits per heavy atom. The second-order valence-electron chi connectivity index (χ2n) is 7.43. The first-order chi connectivity index (χ1) is 10.8. The zero-order valence-electron chi connectivity index (χ0n) is 13.6. The van der Waals surface area contributed by atoms with Crippen molar-refractivity contribution in [1.29, 1.82) is 0 Å². The molecule has 1 aromatic rings. The van der Waals surface area contributed by atoms with Gasteiger partial charge in [0, 0.05) is 32.1 Å². The van der Waals surface area contributed by atoms with Gasteiger partial charge in [0.1, 0.15) is 0 Å². The molecule has 3 fully saturated rings. The van der Waals surface area contributed by atoms with Crippen LogP contribution in [0.1, 0.15) is 50.0 Å². The van der Waals surface area contributed by atoms with E-state index >= 15 is 0 Å². The van der Waals surface area contributed by atoms with Gasteiger partial charge in [0.2, 0.25) is 0 Å². The molecule has 22 heavy (non-hydrogen) atoms. The lowest BCUT2D eigenvalue weighted by molar-refractivity contribution is 0.309. The van der Waals surface area contributed by atoms with Crippen LogP contribution in [0.25, 0.3) is 0 Å². The first-order valence-electron chi connectivity index (χ1n) is 8.83. The number of guanidine groups is 1. The predicted octanol–water partition coefficient (Wildman–Crippen LogP) is 3.38. The van der Waals surface area contributed by atoms with Gasteiger partial charge in [0.15, 0.2) is 5.96 Å². The number of hydrogen-bond donors (Lipinski definition) is 1. The van der Waals surface area contributed by atoms with Gasteiger partial charge >= 0.3 is 0 Å². The molecule has 3 heteroatoms. The van der Waals surface area contributed by atoms with Crippen molar-refractivity contribution in [2.45, 2.75) is 50.5 Å². The summed E-state index contributed by atoms with van der Waals surface area (Å²) in [5.41, 5.74) is 2.07. The maximum absolute atomic E-state index is 4.56. The zero-order chi connectivity index (χ0) is 15.0. The highest BCUT2D eigenvalue weighted by Gasteiger charge is 2.43. The fraction of sp³-hybridized carbons (Fsp3) is 0.632. The largest absolute Gasteiger partial charge is 0.353 e. The van der Waals surface area contributed by atoms with Crippen molar-refractivity contribution in [3.8, 4) is 0 Å². The molecule has 1 aromatic carbocycles. The Bertz CT molecular complexity index is 545. The van der Waals surface area contributed by atoms with Gasteiger partial charge in [-0.25, -0.2) is 0 Å². The van der Waals surface area contributed by atoms with Crippen molar-refractivity contribution >= 4 is 5.96 Å². The van der Waals surface area contributed by atoms with Gasteiger partial charge < -0.3 is 10.2 Å². The number of rotatable bonds is 2. The Morgan fingerprint density at radius 3 is 2.68 bits per heavy atom. The van der Waals surface area contributed by atoms with Crippen molar-refractivity contribution < 1.29 is 0 Å². The van der Waals surface area contributed by atoms with Crippen molar-refractivity contribution in [3.05, 3.63) is 35.9 Å². The second-order valence-corrected chi connectivity index (χ2v) is 7.43. The number of hydrogen-bond acceptors (Lipinski definition) is 1. The van der Waals surface area contributed by atoms with E-state index in [0.717, 1.165) is 5.96 Å². The summed E-state index contributed by atoms with van der Waals surface area (Å²) in [4.78, 5) is 7.07. The van der Waals surface area contributed by atoms with E-state index in [4.69, 9.17) is 0 Å². The van der Waals surface area contributed by atoms with Crippen LogP contribution in [0.5, 0.6) is 0 Å². The average Bonchev–Trinajstić information content (AvgIpc) is 2.98. The van der Waals surface area contributed by atoms with E-state index in [-0.39, 0.29) is 0 Å². The zero-order valence-corrected chi connectivity index (χ0v) is 13.6. The van der Waals surface area contributed by atoms with E-state index in [1.54, 1.807) is 0 Å². The maximum atomic E-state index is 4.56. The Kier molecular flexibility index (Phi) is 3.59. The van der Waals surface area contributed by atoms with Crippen molar-refractivity contribution in [2.75, 3.05) is 20.1 Å². The third-order valence-electron chi connectivity index (χ3n) is 5.95. The van der Waals surface area contributed by atoms with Crippen LogP contribution >= 0.6 is 0 Å². The monoisotopic (exact) mass is 297 g/mol. The number of likely N-dealkylation sites (tertiary alicyclic amines) is 1. The van der Waals surface area contributed by atoms with Gasteiger partial charge in [-0.15, -0.1) is 0 Å². The van der Waals surface area contributed by atoms with Crippen LogP contribution in [0.3, 0.4) is 0 Å². The van der Waals surface area contributed by atoms with Crippen LogP contribution in [-0.2, 0) is 0 Å².